The maximum absolute atomic E-state index is 11.5. The number of hydrogen-bond acceptors (Lipinski definition) is 3. The lowest BCUT2D eigenvalue weighted by Crippen LogP contribution is -2.30. The van der Waals surface area contributed by atoms with Crippen molar-refractivity contribution >= 4 is 10.0 Å². The van der Waals surface area contributed by atoms with E-state index in [0.29, 0.717) is 13.0 Å². The van der Waals surface area contributed by atoms with Crippen LogP contribution in [0.3, 0.4) is 0 Å². The molecule has 1 aromatic rings. The van der Waals surface area contributed by atoms with Crippen LogP contribution in [0.2, 0.25) is 0 Å². The number of sulfonamides is 1. The molecule has 0 aliphatic carbocycles. The van der Waals surface area contributed by atoms with E-state index in [9.17, 15) is 13.5 Å². The average Bonchev–Trinajstić information content (AvgIpc) is 2.15. The van der Waals surface area contributed by atoms with E-state index in [2.05, 4.69) is 4.72 Å². The van der Waals surface area contributed by atoms with Crippen LogP contribution in [0.25, 0.3) is 0 Å². The van der Waals surface area contributed by atoms with Gasteiger partial charge >= 0.3 is 0 Å². The van der Waals surface area contributed by atoms with Gasteiger partial charge in [-0.25, -0.2) is 13.1 Å². The summed E-state index contributed by atoms with van der Waals surface area (Å²) in [5.74, 6) is 0.466. The molecule has 0 saturated heterocycles. The lowest BCUT2D eigenvalue weighted by molar-refractivity contribution is 0.474. The number of aromatic hydroxyl groups is 1. The molecule has 0 aliphatic heterocycles. The van der Waals surface area contributed by atoms with E-state index in [-0.39, 0.29) is 17.4 Å². The van der Waals surface area contributed by atoms with Crippen LogP contribution in [0, 0.1) is 5.92 Å². The highest BCUT2D eigenvalue weighted by molar-refractivity contribution is 7.89. The molecule has 17 heavy (non-hydrogen) atoms. The molecule has 0 aromatic heterocycles. The van der Waals surface area contributed by atoms with Crippen LogP contribution in [0.4, 0.5) is 0 Å². The number of nitrogens with one attached hydrogen (secondary N) is 1. The molecule has 0 spiro atoms. The summed E-state index contributed by atoms with van der Waals surface area (Å²) >= 11 is 0. The van der Waals surface area contributed by atoms with Gasteiger partial charge in [0.2, 0.25) is 10.0 Å². The van der Waals surface area contributed by atoms with Gasteiger partial charge in [0.25, 0.3) is 0 Å². The molecule has 0 unspecified atom stereocenters. The molecule has 0 amide bonds. The first-order valence-corrected chi connectivity index (χ1v) is 7.29. The van der Waals surface area contributed by atoms with Crippen molar-refractivity contribution < 1.29 is 13.5 Å². The third-order valence-electron chi connectivity index (χ3n) is 2.20. The summed E-state index contributed by atoms with van der Waals surface area (Å²) in [6.07, 6.45) is 0.575. The fourth-order valence-corrected chi connectivity index (χ4v) is 2.97. The molecular weight excluding hydrogens is 238 g/mol. The fourth-order valence-electron chi connectivity index (χ4n) is 1.56. The molecule has 0 aliphatic rings. The third-order valence-corrected chi connectivity index (χ3v) is 3.95. The second-order valence-electron chi connectivity index (χ2n) is 4.49. The SMILES string of the molecule is CC(C)CS(=O)(=O)NCCc1cccc(O)c1. The molecule has 0 atom stereocenters. The molecule has 2 N–H and O–H groups in total. The van der Waals surface area contributed by atoms with E-state index in [4.69, 9.17) is 0 Å². The summed E-state index contributed by atoms with van der Waals surface area (Å²) in [6.45, 7) is 4.10. The van der Waals surface area contributed by atoms with E-state index < -0.39 is 10.0 Å². The van der Waals surface area contributed by atoms with Gasteiger partial charge in [0.1, 0.15) is 5.75 Å². The Kier molecular flexibility index (Phi) is 4.96. The highest BCUT2D eigenvalue weighted by atomic mass is 32.2. The lowest BCUT2D eigenvalue weighted by atomic mass is 10.1. The fraction of sp³-hybridized carbons (Fsp3) is 0.500. The molecule has 4 nitrogen and oxygen atoms in total. The zero-order chi connectivity index (χ0) is 12.9. The first kappa shape index (κ1) is 14.0. The molecule has 0 radical (unpaired) electrons. The summed E-state index contributed by atoms with van der Waals surface area (Å²) in [5.41, 5.74) is 0.914. The summed E-state index contributed by atoms with van der Waals surface area (Å²) < 4.78 is 25.6. The Morgan fingerprint density at radius 3 is 2.65 bits per heavy atom. The third kappa shape index (κ3) is 5.70. The van der Waals surface area contributed by atoms with Crippen LogP contribution in [-0.4, -0.2) is 25.8 Å². The Morgan fingerprint density at radius 1 is 1.35 bits per heavy atom. The molecule has 0 heterocycles. The summed E-state index contributed by atoms with van der Waals surface area (Å²) in [5, 5.41) is 9.25. The number of rotatable bonds is 6. The largest absolute Gasteiger partial charge is 0.508 e. The van der Waals surface area contributed by atoms with Crippen LogP contribution in [0.1, 0.15) is 19.4 Å². The zero-order valence-electron chi connectivity index (χ0n) is 10.2. The predicted molar refractivity (Wildman–Crippen MR) is 68.4 cm³/mol. The van der Waals surface area contributed by atoms with Gasteiger partial charge in [0, 0.05) is 6.54 Å². The van der Waals surface area contributed by atoms with Gasteiger partial charge in [0.05, 0.1) is 5.75 Å². The maximum atomic E-state index is 11.5. The highest BCUT2D eigenvalue weighted by Crippen LogP contribution is 2.11. The minimum atomic E-state index is -3.17. The Bertz CT molecular complexity index is 455. The minimum Gasteiger partial charge on any atom is -0.508 e. The smallest absolute Gasteiger partial charge is 0.211 e. The van der Waals surface area contributed by atoms with Gasteiger partial charge in [-0.3, -0.25) is 0 Å². The second-order valence-corrected chi connectivity index (χ2v) is 6.34. The van der Waals surface area contributed by atoms with E-state index >= 15 is 0 Å². The van der Waals surface area contributed by atoms with E-state index in [1.54, 1.807) is 18.2 Å². The van der Waals surface area contributed by atoms with Crippen LogP contribution in [0.5, 0.6) is 5.75 Å². The molecule has 0 bridgehead atoms. The van der Waals surface area contributed by atoms with Crippen LogP contribution >= 0.6 is 0 Å². The monoisotopic (exact) mass is 257 g/mol. The van der Waals surface area contributed by atoms with Crippen molar-refractivity contribution in [2.24, 2.45) is 5.92 Å². The van der Waals surface area contributed by atoms with Gasteiger partial charge in [-0.05, 0) is 30.0 Å². The summed E-state index contributed by atoms with van der Waals surface area (Å²) in [7, 11) is -3.17. The first-order chi connectivity index (χ1) is 7.89. The van der Waals surface area contributed by atoms with E-state index in [1.807, 2.05) is 19.9 Å². The summed E-state index contributed by atoms with van der Waals surface area (Å²) in [6, 6.07) is 6.83. The molecular formula is C12H19NO3S. The van der Waals surface area contributed by atoms with Crippen molar-refractivity contribution in [3.05, 3.63) is 29.8 Å². The van der Waals surface area contributed by atoms with Crippen molar-refractivity contribution in [3.63, 3.8) is 0 Å². The molecule has 1 rings (SSSR count). The van der Waals surface area contributed by atoms with E-state index in [1.165, 1.54) is 0 Å². The summed E-state index contributed by atoms with van der Waals surface area (Å²) in [4.78, 5) is 0. The van der Waals surface area contributed by atoms with E-state index in [0.717, 1.165) is 5.56 Å². The molecule has 0 fully saturated rings. The molecule has 96 valence electrons. The van der Waals surface area contributed by atoms with Crippen LogP contribution in [-0.2, 0) is 16.4 Å². The van der Waals surface area contributed by atoms with Gasteiger partial charge in [-0.2, -0.15) is 0 Å². The lowest BCUT2D eigenvalue weighted by Gasteiger charge is -2.08. The Morgan fingerprint density at radius 2 is 2.06 bits per heavy atom. The highest BCUT2D eigenvalue weighted by Gasteiger charge is 2.11. The van der Waals surface area contributed by atoms with Gasteiger partial charge < -0.3 is 5.11 Å². The quantitative estimate of drug-likeness (QED) is 0.812. The molecule has 0 saturated carbocycles. The molecule has 1 aromatic carbocycles. The van der Waals surface area contributed by atoms with Crippen molar-refractivity contribution in [1.82, 2.24) is 4.72 Å². The number of hydrogen-bond donors (Lipinski definition) is 2. The average molecular weight is 257 g/mol. The van der Waals surface area contributed by atoms with Crippen molar-refractivity contribution in [3.8, 4) is 5.75 Å². The van der Waals surface area contributed by atoms with Crippen LogP contribution < -0.4 is 4.72 Å². The Labute approximate surface area is 103 Å². The van der Waals surface area contributed by atoms with Gasteiger partial charge in [-0.1, -0.05) is 26.0 Å². The normalized spacial score (nSPS) is 11.9. The number of phenolic OH excluding ortho intramolecular Hbond substituents is 1. The van der Waals surface area contributed by atoms with Gasteiger partial charge in [0.15, 0.2) is 0 Å². The van der Waals surface area contributed by atoms with Crippen LogP contribution in [0.15, 0.2) is 24.3 Å². The van der Waals surface area contributed by atoms with Crippen molar-refractivity contribution in [1.29, 1.82) is 0 Å². The predicted octanol–water partition coefficient (Wildman–Crippen LogP) is 1.51. The second kappa shape index (κ2) is 6.02. The number of phenols is 1. The Balaban J connectivity index is 2.43. The number of benzene rings is 1. The minimum absolute atomic E-state index is 0.119. The zero-order valence-corrected chi connectivity index (χ0v) is 11.0. The maximum Gasteiger partial charge on any atom is 0.211 e. The van der Waals surface area contributed by atoms with Crippen molar-refractivity contribution in [2.45, 2.75) is 20.3 Å². The standard InChI is InChI=1S/C12H19NO3S/c1-10(2)9-17(15,16)13-7-6-11-4-3-5-12(14)8-11/h3-5,8,10,13-14H,6-7,9H2,1-2H3. The van der Waals surface area contributed by atoms with Crippen molar-refractivity contribution in [2.75, 3.05) is 12.3 Å². The van der Waals surface area contributed by atoms with Gasteiger partial charge in [-0.15, -0.1) is 0 Å². The Hall–Kier alpha value is -1.07. The first-order valence-electron chi connectivity index (χ1n) is 5.64. The molecule has 5 heteroatoms. The topological polar surface area (TPSA) is 66.4 Å².